The first-order valence-electron chi connectivity index (χ1n) is 10.7. The van der Waals surface area contributed by atoms with Gasteiger partial charge >= 0.3 is 0 Å². The minimum atomic E-state index is -3.96. The summed E-state index contributed by atoms with van der Waals surface area (Å²) in [5.74, 6) is 0.437. The van der Waals surface area contributed by atoms with Crippen molar-refractivity contribution in [3.63, 3.8) is 0 Å². The zero-order valence-corrected chi connectivity index (χ0v) is 21.3. The highest BCUT2D eigenvalue weighted by Gasteiger charge is 2.35. The molecule has 1 aromatic heterocycles. The Kier molecular flexibility index (Phi) is 6.89. The van der Waals surface area contributed by atoms with Crippen molar-refractivity contribution in [1.29, 1.82) is 0 Å². The van der Waals surface area contributed by atoms with Gasteiger partial charge in [-0.05, 0) is 56.1 Å². The first-order valence-corrected chi connectivity index (χ1v) is 14.6. The van der Waals surface area contributed by atoms with E-state index in [9.17, 15) is 16.8 Å². The summed E-state index contributed by atoms with van der Waals surface area (Å²) in [7, 11) is -7.59. The van der Waals surface area contributed by atoms with E-state index in [2.05, 4.69) is 31.1 Å². The van der Waals surface area contributed by atoms with Gasteiger partial charge in [-0.15, -0.1) is 0 Å². The molecule has 1 N–H and O–H groups in total. The van der Waals surface area contributed by atoms with Gasteiger partial charge in [-0.3, -0.25) is 0 Å². The molecule has 0 aliphatic heterocycles. The van der Waals surface area contributed by atoms with Crippen molar-refractivity contribution in [2.45, 2.75) is 80.6 Å². The lowest BCUT2D eigenvalue weighted by Crippen LogP contribution is -2.35. The number of benzene rings is 1. The fourth-order valence-corrected chi connectivity index (χ4v) is 8.94. The molecule has 6 nitrogen and oxygen atoms in total. The number of nitrogens with zero attached hydrogens (tertiary/aromatic N) is 1. The Hall–Kier alpha value is -1.45. The summed E-state index contributed by atoms with van der Waals surface area (Å²) in [6.07, 6.45) is 3.34. The number of aromatic nitrogens is 1. The summed E-state index contributed by atoms with van der Waals surface area (Å²) < 4.78 is 52.0. The van der Waals surface area contributed by atoms with Crippen molar-refractivity contribution in [1.82, 2.24) is 4.98 Å². The highest BCUT2D eigenvalue weighted by atomic mass is 32.2. The monoisotopic (exact) mass is 484 g/mol. The Morgan fingerprint density at radius 3 is 2.35 bits per heavy atom. The molecule has 9 heteroatoms. The summed E-state index contributed by atoms with van der Waals surface area (Å²) in [6.45, 7) is 10.3. The van der Waals surface area contributed by atoms with Crippen molar-refractivity contribution < 1.29 is 16.8 Å². The minimum absolute atomic E-state index is 0.0581. The predicted octanol–water partition coefficient (Wildman–Crippen LogP) is 5.09. The smallest absolute Gasteiger partial charge is 0.226 e. The molecule has 2 atom stereocenters. The van der Waals surface area contributed by atoms with Crippen LogP contribution in [0.25, 0.3) is 0 Å². The summed E-state index contributed by atoms with van der Waals surface area (Å²) in [5.41, 5.74) is 1.08. The van der Waals surface area contributed by atoms with Crippen LogP contribution in [0, 0.1) is 18.3 Å². The van der Waals surface area contributed by atoms with E-state index in [1.54, 1.807) is 31.2 Å². The standard InChI is InChI=1S/C22H32N2O4S3/c1-6-11-30(25,26)21-24-20(31(27,28)18-9-7-15(2)8-10-18)19(29-21)23-17-12-16(3)13-22(4,5)14-17/h7-10,16-17,23H,6,11-14H2,1-5H3/t16-,17-/m0/s1. The van der Waals surface area contributed by atoms with Crippen molar-refractivity contribution in [3.8, 4) is 0 Å². The van der Waals surface area contributed by atoms with Crippen LogP contribution in [0.3, 0.4) is 0 Å². The second-order valence-corrected chi connectivity index (χ2v) is 14.7. The van der Waals surface area contributed by atoms with Gasteiger partial charge in [-0.2, -0.15) is 0 Å². The van der Waals surface area contributed by atoms with Crippen LogP contribution in [-0.2, 0) is 19.7 Å². The Morgan fingerprint density at radius 2 is 1.77 bits per heavy atom. The molecule has 3 rings (SSSR count). The number of sulfone groups is 2. The highest BCUT2D eigenvalue weighted by molar-refractivity contribution is 7.94. The van der Waals surface area contributed by atoms with Gasteiger partial charge in [0.05, 0.1) is 10.6 Å². The SMILES string of the molecule is CCCS(=O)(=O)c1nc(S(=O)(=O)c2ccc(C)cc2)c(N[C@H]2C[C@H](C)CC(C)(C)C2)s1. The molecule has 0 radical (unpaired) electrons. The van der Waals surface area contributed by atoms with Crippen LogP contribution in [0.1, 0.15) is 58.9 Å². The molecule has 0 spiro atoms. The van der Waals surface area contributed by atoms with E-state index in [-0.39, 0.29) is 31.5 Å². The summed E-state index contributed by atoms with van der Waals surface area (Å²) in [6, 6.07) is 6.60. The average molecular weight is 485 g/mol. The van der Waals surface area contributed by atoms with Gasteiger partial charge in [0.1, 0.15) is 5.00 Å². The molecule has 1 heterocycles. The maximum Gasteiger partial charge on any atom is 0.226 e. The topological polar surface area (TPSA) is 93.2 Å². The van der Waals surface area contributed by atoms with Crippen LogP contribution in [0.4, 0.5) is 5.00 Å². The van der Waals surface area contributed by atoms with Crippen LogP contribution in [0.5, 0.6) is 0 Å². The van der Waals surface area contributed by atoms with Crippen LogP contribution >= 0.6 is 11.3 Å². The van der Waals surface area contributed by atoms with E-state index in [0.717, 1.165) is 36.2 Å². The number of hydrogen-bond acceptors (Lipinski definition) is 7. The van der Waals surface area contributed by atoms with Gasteiger partial charge in [0.2, 0.25) is 24.0 Å². The Balaban J connectivity index is 2.07. The molecule has 0 amide bonds. The fourth-order valence-electron chi connectivity index (χ4n) is 4.52. The lowest BCUT2D eigenvalue weighted by atomic mass is 9.71. The molecule has 172 valence electrons. The fraction of sp³-hybridized carbons (Fsp3) is 0.591. The molecule has 31 heavy (non-hydrogen) atoms. The van der Waals surface area contributed by atoms with Gasteiger partial charge in [-0.25, -0.2) is 21.8 Å². The van der Waals surface area contributed by atoms with E-state index in [1.807, 2.05) is 6.92 Å². The molecule has 0 unspecified atom stereocenters. The van der Waals surface area contributed by atoms with Gasteiger partial charge in [0.15, 0.2) is 5.03 Å². The second kappa shape index (κ2) is 8.83. The van der Waals surface area contributed by atoms with Gasteiger partial charge in [0.25, 0.3) is 0 Å². The summed E-state index contributed by atoms with van der Waals surface area (Å²) in [4.78, 5) is 4.29. The molecule has 0 bridgehead atoms. The summed E-state index contributed by atoms with van der Waals surface area (Å²) >= 11 is 0.937. The minimum Gasteiger partial charge on any atom is -0.372 e. The van der Waals surface area contributed by atoms with E-state index in [1.165, 1.54) is 0 Å². The van der Waals surface area contributed by atoms with E-state index in [4.69, 9.17) is 0 Å². The second-order valence-electron chi connectivity index (χ2n) is 9.50. The van der Waals surface area contributed by atoms with Gasteiger partial charge in [-0.1, -0.05) is 56.7 Å². The maximum atomic E-state index is 13.4. The van der Waals surface area contributed by atoms with E-state index < -0.39 is 19.7 Å². The quantitative estimate of drug-likeness (QED) is 0.588. The van der Waals surface area contributed by atoms with Crippen molar-refractivity contribution in [3.05, 3.63) is 29.8 Å². The first-order chi connectivity index (χ1) is 14.3. The molecule has 1 saturated carbocycles. The first kappa shape index (κ1) is 24.2. The normalized spacial score (nSPS) is 21.7. The molecule has 2 aromatic rings. The third kappa shape index (κ3) is 5.49. The van der Waals surface area contributed by atoms with Crippen molar-refractivity contribution >= 4 is 36.0 Å². The Labute approximate surface area is 190 Å². The van der Waals surface area contributed by atoms with Crippen molar-refractivity contribution in [2.75, 3.05) is 11.1 Å². The third-order valence-electron chi connectivity index (χ3n) is 5.62. The number of aryl methyl sites for hydroxylation is 1. The van der Waals surface area contributed by atoms with E-state index >= 15 is 0 Å². The average Bonchev–Trinajstić information content (AvgIpc) is 3.06. The predicted molar refractivity (Wildman–Crippen MR) is 125 cm³/mol. The van der Waals surface area contributed by atoms with Gasteiger partial charge < -0.3 is 5.32 Å². The summed E-state index contributed by atoms with van der Waals surface area (Å²) in [5, 5.41) is 3.51. The molecule has 1 aliphatic carbocycles. The number of anilines is 1. The maximum absolute atomic E-state index is 13.4. The number of rotatable bonds is 7. The molecule has 1 fully saturated rings. The zero-order valence-electron chi connectivity index (χ0n) is 18.8. The van der Waals surface area contributed by atoms with Crippen LogP contribution in [0.15, 0.2) is 38.5 Å². The lowest BCUT2D eigenvalue weighted by Gasteiger charge is -2.39. The number of thiazole rings is 1. The van der Waals surface area contributed by atoms with Crippen LogP contribution in [-0.4, -0.2) is 33.6 Å². The largest absolute Gasteiger partial charge is 0.372 e. The molecular formula is C22H32N2O4S3. The molecular weight excluding hydrogens is 452 g/mol. The lowest BCUT2D eigenvalue weighted by molar-refractivity contribution is 0.178. The molecule has 1 aliphatic rings. The molecule has 0 saturated heterocycles. The van der Waals surface area contributed by atoms with Crippen LogP contribution < -0.4 is 5.32 Å². The van der Waals surface area contributed by atoms with E-state index in [0.29, 0.717) is 17.3 Å². The number of nitrogens with one attached hydrogen (secondary N) is 1. The Morgan fingerprint density at radius 1 is 1.13 bits per heavy atom. The van der Waals surface area contributed by atoms with Gasteiger partial charge in [0, 0.05) is 6.04 Å². The molecule has 1 aromatic carbocycles. The van der Waals surface area contributed by atoms with Crippen LogP contribution in [0.2, 0.25) is 0 Å². The highest BCUT2D eigenvalue weighted by Crippen LogP contribution is 2.42. The Bertz CT molecular complexity index is 1130. The van der Waals surface area contributed by atoms with Crippen molar-refractivity contribution in [2.24, 2.45) is 11.3 Å². The third-order valence-corrected chi connectivity index (χ3v) is 10.8. The number of hydrogen-bond donors (Lipinski definition) is 1. The zero-order chi connectivity index (χ0) is 23.0.